The van der Waals surface area contributed by atoms with Crippen LogP contribution in [0.1, 0.15) is 42.7 Å². The van der Waals surface area contributed by atoms with Gasteiger partial charge in [0.05, 0.1) is 19.4 Å². The molecular formula is C18H19N3O2. The van der Waals surface area contributed by atoms with E-state index in [1.807, 2.05) is 30.3 Å². The SMILES string of the molecule is c1ccc(N(Cc2ccco2)Cc2nnc(C3CCC3)o2)cc1. The Hall–Kier alpha value is -2.56. The monoisotopic (exact) mass is 309 g/mol. The first-order valence-corrected chi connectivity index (χ1v) is 8.03. The van der Waals surface area contributed by atoms with E-state index in [9.17, 15) is 0 Å². The molecule has 5 heteroatoms. The first kappa shape index (κ1) is 14.1. The van der Waals surface area contributed by atoms with Crippen LogP contribution in [-0.2, 0) is 13.1 Å². The minimum Gasteiger partial charge on any atom is -0.467 e. The smallest absolute Gasteiger partial charge is 0.235 e. The van der Waals surface area contributed by atoms with Crippen molar-refractivity contribution in [1.82, 2.24) is 10.2 Å². The number of rotatable bonds is 6. The van der Waals surface area contributed by atoms with Crippen molar-refractivity contribution in [1.29, 1.82) is 0 Å². The van der Waals surface area contributed by atoms with Gasteiger partial charge in [0.15, 0.2) is 0 Å². The number of benzene rings is 1. The summed E-state index contributed by atoms with van der Waals surface area (Å²) in [6, 6.07) is 14.1. The highest BCUT2D eigenvalue weighted by Gasteiger charge is 2.25. The Bertz CT molecular complexity index is 733. The molecule has 1 saturated carbocycles. The molecular weight excluding hydrogens is 290 g/mol. The highest BCUT2D eigenvalue weighted by Crippen LogP contribution is 2.35. The fourth-order valence-corrected chi connectivity index (χ4v) is 2.78. The standard InChI is InChI=1S/C18H19N3O2/c1-2-8-15(9-3-1)21(12-16-10-5-11-22-16)13-17-19-20-18(23-17)14-6-4-7-14/h1-3,5,8-11,14H,4,6-7,12-13H2. The van der Waals surface area contributed by atoms with Crippen molar-refractivity contribution in [3.63, 3.8) is 0 Å². The average molecular weight is 309 g/mol. The molecule has 0 amide bonds. The number of para-hydroxylation sites is 1. The van der Waals surface area contributed by atoms with E-state index in [0.29, 0.717) is 24.9 Å². The Morgan fingerprint density at radius 2 is 1.87 bits per heavy atom. The predicted octanol–water partition coefficient (Wildman–Crippen LogP) is 4.14. The fourth-order valence-electron chi connectivity index (χ4n) is 2.78. The van der Waals surface area contributed by atoms with Crippen molar-refractivity contribution >= 4 is 5.69 Å². The van der Waals surface area contributed by atoms with Gasteiger partial charge in [0, 0.05) is 11.6 Å². The van der Waals surface area contributed by atoms with E-state index < -0.39 is 0 Å². The van der Waals surface area contributed by atoms with E-state index in [4.69, 9.17) is 8.83 Å². The largest absolute Gasteiger partial charge is 0.467 e. The van der Waals surface area contributed by atoms with Gasteiger partial charge in [0.1, 0.15) is 5.76 Å². The van der Waals surface area contributed by atoms with Gasteiger partial charge in [0.25, 0.3) is 0 Å². The zero-order valence-electron chi connectivity index (χ0n) is 12.9. The van der Waals surface area contributed by atoms with E-state index in [1.54, 1.807) is 6.26 Å². The van der Waals surface area contributed by atoms with Crippen molar-refractivity contribution in [3.05, 3.63) is 66.3 Å². The molecule has 0 spiro atoms. The van der Waals surface area contributed by atoms with Crippen molar-refractivity contribution in [3.8, 4) is 0 Å². The van der Waals surface area contributed by atoms with Crippen LogP contribution >= 0.6 is 0 Å². The maximum absolute atomic E-state index is 5.86. The van der Waals surface area contributed by atoms with Crippen molar-refractivity contribution in [2.24, 2.45) is 0 Å². The van der Waals surface area contributed by atoms with Crippen LogP contribution in [0.4, 0.5) is 5.69 Å². The lowest BCUT2D eigenvalue weighted by Gasteiger charge is -2.22. The molecule has 2 aromatic heterocycles. The quantitative estimate of drug-likeness (QED) is 0.685. The van der Waals surface area contributed by atoms with E-state index >= 15 is 0 Å². The average Bonchev–Trinajstić information content (AvgIpc) is 3.18. The van der Waals surface area contributed by atoms with Crippen LogP contribution in [0.15, 0.2) is 57.6 Å². The lowest BCUT2D eigenvalue weighted by molar-refractivity contribution is 0.323. The van der Waals surface area contributed by atoms with Crippen LogP contribution in [0.5, 0.6) is 0 Å². The Kier molecular flexibility index (Phi) is 3.84. The summed E-state index contributed by atoms with van der Waals surface area (Å²) >= 11 is 0. The van der Waals surface area contributed by atoms with Crippen LogP contribution in [0.2, 0.25) is 0 Å². The number of nitrogens with zero attached hydrogens (tertiary/aromatic N) is 3. The molecule has 0 bridgehead atoms. The lowest BCUT2D eigenvalue weighted by Crippen LogP contribution is -2.22. The fraction of sp³-hybridized carbons (Fsp3) is 0.333. The summed E-state index contributed by atoms with van der Waals surface area (Å²) in [6.07, 6.45) is 5.28. The van der Waals surface area contributed by atoms with Gasteiger partial charge in [-0.05, 0) is 37.1 Å². The second kappa shape index (κ2) is 6.28. The zero-order valence-corrected chi connectivity index (χ0v) is 12.9. The molecule has 0 unspecified atom stereocenters. The molecule has 0 atom stereocenters. The van der Waals surface area contributed by atoms with Crippen molar-refractivity contribution < 1.29 is 8.83 Å². The molecule has 1 aliphatic rings. The molecule has 3 aromatic rings. The van der Waals surface area contributed by atoms with Gasteiger partial charge >= 0.3 is 0 Å². The number of furan rings is 1. The molecule has 1 aromatic carbocycles. The Balaban J connectivity index is 1.53. The van der Waals surface area contributed by atoms with Crippen LogP contribution in [-0.4, -0.2) is 10.2 Å². The molecule has 23 heavy (non-hydrogen) atoms. The summed E-state index contributed by atoms with van der Waals surface area (Å²) in [4.78, 5) is 2.18. The third-order valence-corrected chi connectivity index (χ3v) is 4.31. The van der Waals surface area contributed by atoms with E-state index in [-0.39, 0.29) is 0 Å². The third-order valence-electron chi connectivity index (χ3n) is 4.31. The van der Waals surface area contributed by atoms with Crippen LogP contribution in [0.25, 0.3) is 0 Å². The second-order valence-corrected chi connectivity index (χ2v) is 5.93. The molecule has 4 rings (SSSR count). The topological polar surface area (TPSA) is 55.3 Å². The summed E-state index contributed by atoms with van der Waals surface area (Å²) in [5, 5.41) is 8.44. The van der Waals surface area contributed by atoms with Gasteiger partial charge in [0.2, 0.25) is 11.8 Å². The van der Waals surface area contributed by atoms with Gasteiger partial charge < -0.3 is 13.7 Å². The molecule has 0 radical (unpaired) electrons. The van der Waals surface area contributed by atoms with Gasteiger partial charge in [-0.25, -0.2) is 0 Å². The van der Waals surface area contributed by atoms with Gasteiger partial charge in [-0.3, -0.25) is 0 Å². The molecule has 1 fully saturated rings. The lowest BCUT2D eigenvalue weighted by atomic mass is 9.85. The summed E-state index contributed by atoms with van der Waals surface area (Å²) in [7, 11) is 0. The molecule has 5 nitrogen and oxygen atoms in total. The summed E-state index contributed by atoms with van der Waals surface area (Å²) < 4.78 is 11.3. The number of hydrogen-bond donors (Lipinski definition) is 0. The first-order valence-electron chi connectivity index (χ1n) is 8.03. The van der Waals surface area contributed by atoms with Gasteiger partial charge in [-0.1, -0.05) is 24.6 Å². The van der Waals surface area contributed by atoms with Crippen molar-refractivity contribution in [2.75, 3.05) is 4.90 Å². The number of hydrogen-bond acceptors (Lipinski definition) is 5. The van der Waals surface area contributed by atoms with E-state index in [2.05, 4.69) is 27.2 Å². The van der Waals surface area contributed by atoms with Gasteiger partial charge in [-0.15, -0.1) is 10.2 Å². The van der Waals surface area contributed by atoms with E-state index in [1.165, 1.54) is 6.42 Å². The highest BCUT2D eigenvalue weighted by molar-refractivity contribution is 5.46. The summed E-state index contributed by atoms with van der Waals surface area (Å²) in [6.45, 7) is 1.24. The zero-order chi connectivity index (χ0) is 15.5. The molecule has 2 heterocycles. The molecule has 0 aliphatic heterocycles. The summed E-state index contributed by atoms with van der Waals surface area (Å²) in [5.41, 5.74) is 1.10. The second-order valence-electron chi connectivity index (χ2n) is 5.93. The minimum absolute atomic E-state index is 0.464. The molecule has 0 N–H and O–H groups in total. The van der Waals surface area contributed by atoms with Crippen molar-refractivity contribution in [2.45, 2.75) is 38.3 Å². The Labute approximate surface area is 134 Å². The molecule has 0 saturated heterocycles. The first-order chi connectivity index (χ1) is 11.4. The van der Waals surface area contributed by atoms with Crippen LogP contribution < -0.4 is 4.90 Å². The predicted molar refractivity (Wildman–Crippen MR) is 85.9 cm³/mol. The number of anilines is 1. The maximum atomic E-state index is 5.86. The van der Waals surface area contributed by atoms with E-state index in [0.717, 1.165) is 30.2 Å². The van der Waals surface area contributed by atoms with Gasteiger partial charge in [-0.2, -0.15) is 0 Å². The molecule has 118 valence electrons. The third kappa shape index (κ3) is 3.13. The van der Waals surface area contributed by atoms with Crippen LogP contribution in [0, 0.1) is 0 Å². The Morgan fingerprint density at radius 1 is 1.00 bits per heavy atom. The number of aromatic nitrogens is 2. The van der Waals surface area contributed by atoms with Crippen LogP contribution in [0.3, 0.4) is 0 Å². The summed E-state index contributed by atoms with van der Waals surface area (Å²) in [5.74, 6) is 2.82. The maximum Gasteiger partial charge on any atom is 0.235 e. The molecule has 1 aliphatic carbocycles. The normalized spacial score (nSPS) is 14.6. The Morgan fingerprint density at radius 3 is 2.57 bits per heavy atom. The minimum atomic E-state index is 0.464. The highest BCUT2D eigenvalue weighted by atomic mass is 16.4.